The lowest BCUT2D eigenvalue weighted by atomic mass is 9.82. The van der Waals surface area contributed by atoms with Gasteiger partial charge in [0.25, 0.3) is 5.91 Å². The Morgan fingerprint density at radius 2 is 1.90 bits per heavy atom. The van der Waals surface area contributed by atoms with Crippen LogP contribution in [0, 0.1) is 5.41 Å². The van der Waals surface area contributed by atoms with Crippen LogP contribution in [0.3, 0.4) is 0 Å². The van der Waals surface area contributed by atoms with Crippen molar-refractivity contribution < 1.29 is 14.4 Å². The van der Waals surface area contributed by atoms with Crippen LogP contribution < -0.4 is 5.32 Å². The van der Waals surface area contributed by atoms with Gasteiger partial charge in [0.2, 0.25) is 11.8 Å². The van der Waals surface area contributed by atoms with E-state index in [0.717, 1.165) is 0 Å². The highest BCUT2D eigenvalue weighted by atomic mass is 16.2. The Morgan fingerprint density at radius 1 is 1.14 bits per heavy atom. The number of likely N-dealkylation sites (tertiary alicyclic amines) is 1. The summed E-state index contributed by atoms with van der Waals surface area (Å²) in [7, 11) is 0. The van der Waals surface area contributed by atoms with Gasteiger partial charge in [-0.05, 0) is 31.4 Å². The molecule has 0 saturated carbocycles. The van der Waals surface area contributed by atoms with E-state index in [2.05, 4.69) is 5.32 Å². The van der Waals surface area contributed by atoms with Gasteiger partial charge in [-0.2, -0.15) is 0 Å². The van der Waals surface area contributed by atoms with Crippen molar-refractivity contribution in [1.29, 1.82) is 0 Å². The van der Waals surface area contributed by atoms with Crippen LogP contribution in [0.25, 0.3) is 0 Å². The molecule has 2 aliphatic heterocycles. The molecule has 110 valence electrons. The fraction of sp³-hybridized carbons (Fsp3) is 0.438. The van der Waals surface area contributed by atoms with Crippen molar-refractivity contribution >= 4 is 17.7 Å². The zero-order chi connectivity index (χ0) is 14.9. The highest BCUT2D eigenvalue weighted by Gasteiger charge is 2.47. The Morgan fingerprint density at radius 3 is 2.67 bits per heavy atom. The smallest absolute Gasteiger partial charge is 0.253 e. The molecule has 2 fully saturated rings. The van der Waals surface area contributed by atoms with Crippen LogP contribution in [0.1, 0.15) is 36.0 Å². The van der Waals surface area contributed by atoms with E-state index in [9.17, 15) is 14.4 Å². The highest BCUT2D eigenvalue weighted by molar-refractivity contribution is 6.00. The van der Waals surface area contributed by atoms with Gasteiger partial charge in [-0.25, -0.2) is 0 Å². The van der Waals surface area contributed by atoms with Crippen LogP contribution >= 0.6 is 0 Å². The second-order valence-corrected chi connectivity index (χ2v) is 5.85. The van der Waals surface area contributed by atoms with E-state index in [1.807, 2.05) is 18.2 Å². The van der Waals surface area contributed by atoms with Gasteiger partial charge < -0.3 is 4.90 Å². The first-order valence-electron chi connectivity index (χ1n) is 7.29. The first-order valence-corrected chi connectivity index (χ1v) is 7.29. The van der Waals surface area contributed by atoms with Gasteiger partial charge in [0, 0.05) is 25.1 Å². The maximum absolute atomic E-state index is 12.5. The average molecular weight is 286 g/mol. The minimum absolute atomic E-state index is 0.0455. The van der Waals surface area contributed by atoms with Crippen LogP contribution in [0.4, 0.5) is 0 Å². The quantitative estimate of drug-likeness (QED) is 0.792. The second-order valence-electron chi connectivity index (χ2n) is 5.85. The molecule has 0 radical (unpaired) electrons. The first kappa shape index (κ1) is 13.8. The largest absolute Gasteiger partial charge is 0.338 e. The first-order chi connectivity index (χ1) is 10.1. The fourth-order valence-corrected chi connectivity index (χ4v) is 3.22. The lowest BCUT2D eigenvalue weighted by Crippen LogP contribution is -2.43. The molecule has 1 aromatic carbocycles. The zero-order valence-corrected chi connectivity index (χ0v) is 11.8. The van der Waals surface area contributed by atoms with E-state index in [1.165, 1.54) is 0 Å². The minimum Gasteiger partial charge on any atom is -0.338 e. The number of nitrogens with one attached hydrogen (secondary N) is 1. The summed E-state index contributed by atoms with van der Waals surface area (Å²) in [5.74, 6) is -0.464. The van der Waals surface area contributed by atoms with Crippen molar-refractivity contribution in [1.82, 2.24) is 10.2 Å². The molecule has 0 bridgehead atoms. The number of nitrogens with zero attached hydrogens (tertiary/aromatic N) is 1. The van der Waals surface area contributed by atoms with Crippen LogP contribution in [-0.4, -0.2) is 35.7 Å². The molecule has 2 aliphatic rings. The SMILES string of the molecule is O=C1CCCC2(CCN(C(=O)c3ccccc3)C2)C(=O)N1. The molecule has 3 amide bonds. The third-order valence-corrected chi connectivity index (χ3v) is 4.46. The summed E-state index contributed by atoms with van der Waals surface area (Å²) in [6.07, 6.45) is 2.39. The Hall–Kier alpha value is -2.17. The number of hydrogen-bond acceptors (Lipinski definition) is 3. The lowest BCUT2D eigenvalue weighted by molar-refractivity contribution is -0.135. The number of carbonyl (C=O) groups is 3. The summed E-state index contributed by atoms with van der Waals surface area (Å²) >= 11 is 0. The molecule has 1 N–H and O–H groups in total. The molecule has 1 spiro atoms. The van der Waals surface area contributed by atoms with Gasteiger partial charge in [0.1, 0.15) is 0 Å². The van der Waals surface area contributed by atoms with Gasteiger partial charge in [0.15, 0.2) is 0 Å². The van der Waals surface area contributed by atoms with Crippen molar-refractivity contribution in [3.05, 3.63) is 35.9 Å². The van der Waals surface area contributed by atoms with Gasteiger partial charge in [-0.1, -0.05) is 18.2 Å². The number of hydrogen-bond donors (Lipinski definition) is 1. The number of imide groups is 1. The molecule has 1 unspecified atom stereocenters. The summed E-state index contributed by atoms with van der Waals surface area (Å²) in [4.78, 5) is 37.9. The molecule has 2 heterocycles. The van der Waals surface area contributed by atoms with Crippen molar-refractivity contribution in [3.63, 3.8) is 0 Å². The molecule has 0 aromatic heterocycles. The predicted octanol–water partition coefficient (Wildman–Crippen LogP) is 1.35. The van der Waals surface area contributed by atoms with Gasteiger partial charge in [0.05, 0.1) is 5.41 Å². The fourth-order valence-electron chi connectivity index (χ4n) is 3.22. The van der Waals surface area contributed by atoms with Crippen molar-refractivity contribution in [2.75, 3.05) is 13.1 Å². The monoisotopic (exact) mass is 286 g/mol. The highest BCUT2D eigenvalue weighted by Crippen LogP contribution is 2.37. The summed E-state index contributed by atoms with van der Waals surface area (Å²) in [5.41, 5.74) is 0.0519. The number of amides is 3. The van der Waals surface area contributed by atoms with Crippen LogP contribution in [-0.2, 0) is 9.59 Å². The summed E-state index contributed by atoms with van der Waals surface area (Å²) in [6.45, 7) is 0.967. The van der Waals surface area contributed by atoms with Crippen molar-refractivity contribution in [2.24, 2.45) is 5.41 Å². The topological polar surface area (TPSA) is 66.5 Å². The van der Waals surface area contributed by atoms with E-state index in [1.54, 1.807) is 17.0 Å². The summed E-state index contributed by atoms with van der Waals surface area (Å²) in [6, 6.07) is 9.09. The Kier molecular flexibility index (Phi) is 3.49. The van der Waals surface area contributed by atoms with E-state index < -0.39 is 5.41 Å². The molecule has 2 saturated heterocycles. The summed E-state index contributed by atoms with van der Waals surface area (Å²) in [5, 5.41) is 2.46. The second kappa shape index (κ2) is 5.31. The number of carbonyl (C=O) groups excluding carboxylic acids is 3. The van der Waals surface area contributed by atoms with E-state index in [0.29, 0.717) is 44.3 Å². The molecule has 3 rings (SSSR count). The molecular weight excluding hydrogens is 268 g/mol. The molecular formula is C16H18N2O3. The Labute approximate surface area is 123 Å². The average Bonchev–Trinajstić information content (AvgIpc) is 2.87. The van der Waals surface area contributed by atoms with E-state index in [-0.39, 0.29) is 17.7 Å². The van der Waals surface area contributed by atoms with Gasteiger partial charge >= 0.3 is 0 Å². The lowest BCUT2D eigenvalue weighted by Gasteiger charge is -2.25. The van der Waals surface area contributed by atoms with Gasteiger partial charge in [-0.3, -0.25) is 19.7 Å². The number of rotatable bonds is 1. The Balaban J connectivity index is 1.77. The third kappa shape index (κ3) is 2.55. The van der Waals surface area contributed by atoms with Crippen LogP contribution in [0.2, 0.25) is 0 Å². The Bertz CT molecular complexity index is 584. The zero-order valence-electron chi connectivity index (χ0n) is 11.8. The van der Waals surface area contributed by atoms with Crippen LogP contribution in [0.5, 0.6) is 0 Å². The predicted molar refractivity (Wildman–Crippen MR) is 76.4 cm³/mol. The molecule has 5 nitrogen and oxygen atoms in total. The minimum atomic E-state index is -0.587. The molecule has 5 heteroatoms. The molecule has 21 heavy (non-hydrogen) atoms. The molecule has 0 aliphatic carbocycles. The molecule has 1 aromatic rings. The van der Waals surface area contributed by atoms with E-state index in [4.69, 9.17) is 0 Å². The normalized spacial score (nSPS) is 25.8. The van der Waals surface area contributed by atoms with Crippen molar-refractivity contribution in [3.8, 4) is 0 Å². The van der Waals surface area contributed by atoms with E-state index >= 15 is 0 Å². The number of benzene rings is 1. The molecule has 1 atom stereocenters. The van der Waals surface area contributed by atoms with Gasteiger partial charge in [-0.15, -0.1) is 0 Å². The standard InChI is InChI=1S/C16H18N2O3/c19-13-7-4-8-16(15(21)17-13)9-10-18(11-16)14(20)12-5-2-1-3-6-12/h1-3,5-6H,4,7-11H2,(H,17,19,21). The van der Waals surface area contributed by atoms with Crippen LogP contribution in [0.15, 0.2) is 30.3 Å². The maximum atomic E-state index is 12.5. The summed E-state index contributed by atoms with van der Waals surface area (Å²) < 4.78 is 0. The maximum Gasteiger partial charge on any atom is 0.253 e. The van der Waals surface area contributed by atoms with Crippen molar-refractivity contribution in [2.45, 2.75) is 25.7 Å². The third-order valence-electron chi connectivity index (χ3n) is 4.46.